The summed E-state index contributed by atoms with van der Waals surface area (Å²) in [5.41, 5.74) is 0.233. The zero-order valence-electron chi connectivity index (χ0n) is 12.9. The Balaban J connectivity index is 2.43. The minimum Gasteiger partial charge on any atom is -0.332 e. The maximum Gasteiger partial charge on any atom is 0.150 e. The van der Waals surface area contributed by atoms with Crippen LogP contribution in [-0.4, -0.2) is 15.6 Å². The highest BCUT2D eigenvalue weighted by Gasteiger charge is 2.33. The summed E-state index contributed by atoms with van der Waals surface area (Å²) in [4.78, 5) is 4.35. The summed E-state index contributed by atoms with van der Waals surface area (Å²) in [6.07, 6.45) is 4.59. The van der Waals surface area contributed by atoms with Crippen molar-refractivity contribution in [2.75, 3.05) is 0 Å². The molecule has 4 nitrogen and oxygen atoms in total. The molecule has 2 aromatic rings. The van der Waals surface area contributed by atoms with E-state index in [1.54, 1.807) is 6.20 Å². The standard InChI is InChI=1S/C17H22N4/c1-4-16-19-10-11-21(16)13-17(12-18,20-14(2)3)15-8-6-5-7-9-15/h5-11,14,20H,4,13H2,1-3H3. The fraction of sp³-hybridized carbons (Fsp3) is 0.412. The Morgan fingerprint density at radius 2 is 2.05 bits per heavy atom. The fourth-order valence-corrected chi connectivity index (χ4v) is 2.62. The molecule has 0 saturated heterocycles. The van der Waals surface area contributed by atoms with E-state index >= 15 is 0 Å². The maximum atomic E-state index is 9.90. The minimum atomic E-state index is -0.750. The molecule has 0 spiro atoms. The van der Waals surface area contributed by atoms with Crippen molar-refractivity contribution in [2.45, 2.75) is 45.3 Å². The lowest BCUT2D eigenvalue weighted by Crippen LogP contribution is -2.48. The van der Waals surface area contributed by atoms with E-state index in [1.807, 2.05) is 36.5 Å². The van der Waals surface area contributed by atoms with Crippen molar-refractivity contribution in [3.8, 4) is 6.07 Å². The topological polar surface area (TPSA) is 53.6 Å². The Morgan fingerprint density at radius 1 is 1.33 bits per heavy atom. The molecule has 1 N–H and O–H groups in total. The smallest absolute Gasteiger partial charge is 0.150 e. The van der Waals surface area contributed by atoms with Gasteiger partial charge in [-0.2, -0.15) is 5.26 Å². The Hall–Kier alpha value is -2.12. The van der Waals surface area contributed by atoms with E-state index in [0.29, 0.717) is 6.54 Å². The van der Waals surface area contributed by atoms with Gasteiger partial charge in [0.25, 0.3) is 0 Å². The summed E-state index contributed by atoms with van der Waals surface area (Å²) in [5, 5.41) is 13.3. The van der Waals surface area contributed by atoms with E-state index in [2.05, 4.69) is 41.7 Å². The van der Waals surface area contributed by atoms with Crippen molar-refractivity contribution >= 4 is 0 Å². The van der Waals surface area contributed by atoms with Crippen LogP contribution in [0.15, 0.2) is 42.7 Å². The van der Waals surface area contributed by atoms with Crippen molar-refractivity contribution in [2.24, 2.45) is 0 Å². The van der Waals surface area contributed by atoms with Gasteiger partial charge in [-0.15, -0.1) is 0 Å². The first-order valence-electron chi connectivity index (χ1n) is 7.36. The van der Waals surface area contributed by atoms with Crippen LogP contribution in [0.25, 0.3) is 0 Å². The van der Waals surface area contributed by atoms with E-state index in [-0.39, 0.29) is 6.04 Å². The molecule has 1 heterocycles. The molecule has 1 unspecified atom stereocenters. The third-order valence-corrected chi connectivity index (χ3v) is 3.52. The van der Waals surface area contributed by atoms with Gasteiger partial charge in [0.1, 0.15) is 5.82 Å². The number of hydrogen-bond donors (Lipinski definition) is 1. The van der Waals surface area contributed by atoms with E-state index in [0.717, 1.165) is 17.8 Å². The Labute approximate surface area is 126 Å². The quantitative estimate of drug-likeness (QED) is 0.886. The van der Waals surface area contributed by atoms with Crippen LogP contribution in [0, 0.1) is 11.3 Å². The average molecular weight is 282 g/mol. The number of imidazole rings is 1. The number of aryl methyl sites for hydroxylation is 1. The predicted molar refractivity (Wildman–Crippen MR) is 83.6 cm³/mol. The summed E-state index contributed by atoms with van der Waals surface area (Å²) < 4.78 is 2.06. The summed E-state index contributed by atoms with van der Waals surface area (Å²) in [6.45, 7) is 6.74. The fourth-order valence-electron chi connectivity index (χ4n) is 2.62. The van der Waals surface area contributed by atoms with Gasteiger partial charge in [-0.3, -0.25) is 5.32 Å². The average Bonchev–Trinajstić information content (AvgIpc) is 2.94. The van der Waals surface area contributed by atoms with E-state index in [9.17, 15) is 5.26 Å². The minimum absolute atomic E-state index is 0.207. The van der Waals surface area contributed by atoms with Crippen LogP contribution in [-0.2, 0) is 18.5 Å². The molecule has 1 aromatic carbocycles. The Morgan fingerprint density at radius 3 is 2.62 bits per heavy atom. The highest BCUT2D eigenvalue weighted by Crippen LogP contribution is 2.24. The molecule has 4 heteroatoms. The number of hydrogen-bond acceptors (Lipinski definition) is 3. The van der Waals surface area contributed by atoms with Gasteiger partial charge >= 0.3 is 0 Å². The second-order valence-electron chi connectivity index (χ2n) is 5.51. The van der Waals surface area contributed by atoms with Crippen molar-refractivity contribution < 1.29 is 0 Å². The van der Waals surface area contributed by atoms with Gasteiger partial charge < -0.3 is 4.57 Å². The molecule has 2 rings (SSSR count). The monoisotopic (exact) mass is 282 g/mol. The van der Waals surface area contributed by atoms with E-state index in [1.165, 1.54) is 0 Å². The van der Waals surface area contributed by atoms with Gasteiger partial charge in [0, 0.05) is 24.9 Å². The van der Waals surface area contributed by atoms with Crippen LogP contribution in [0.3, 0.4) is 0 Å². The summed E-state index contributed by atoms with van der Waals surface area (Å²) in [5.74, 6) is 0.996. The lowest BCUT2D eigenvalue weighted by Gasteiger charge is -2.31. The van der Waals surface area contributed by atoms with Gasteiger partial charge in [-0.25, -0.2) is 4.98 Å². The summed E-state index contributed by atoms with van der Waals surface area (Å²) in [7, 11) is 0. The molecule has 0 radical (unpaired) electrons. The molecule has 1 atom stereocenters. The van der Waals surface area contributed by atoms with Crippen molar-refractivity contribution in [1.82, 2.24) is 14.9 Å². The highest BCUT2D eigenvalue weighted by atomic mass is 15.1. The molecule has 0 fully saturated rings. The van der Waals surface area contributed by atoms with Gasteiger partial charge in [-0.05, 0) is 19.4 Å². The number of nitrogens with one attached hydrogen (secondary N) is 1. The van der Waals surface area contributed by atoms with Gasteiger partial charge in [0.05, 0.1) is 12.6 Å². The second-order valence-corrected chi connectivity index (χ2v) is 5.51. The molecule has 1 aromatic heterocycles. The number of benzene rings is 1. The molecule has 0 aliphatic rings. The second kappa shape index (κ2) is 6.55. The first kappa shape index (κ1) is 15.3. The number of aromatic nitrogens is 2. The van der Waals surface area contributed by atoms with Crippen LogP contribution >= 0.6 is 0 Å². The maximum absolute atomic E-state index is 9.90. The van der Waals surface area contributed by atoms with Gasteiger partial charge in [0.15, 0.2) is 5.54 Å². The van der Waals surface area contributed by atoms with Gasteiger partial charge in [-0.1, -0.05) is 37.3 Å². The zero-order chi connectivity index (χ0) is 15.3. The molecule has 0 aliphatic heterocycles. The molecule has 0 saturated carbocycles. The van der Waals surface area contributed by atoms with Crippen molar-refractivity contribution in [3.05, 3.63) is 54.1 Å². The van der Waals surface area contributed by atoms with Crippen LogP contribution in [0.4, 0.5) is 0 Å². The number of nitriles is 1. The largest absolute Gasteiger partial charge is 0.332 e. The van der Waals surface area contributed by atoms with Crippen LogP contribution < -0.4 is 5.32 Å². The predicted octanol–water partition coefficient (Wildman–Crippen LogP) is 2.86. The summed E-state index contributed by atoms with van der Waals surface area (Å²) >= 11 is 0. The Bertz CT molecular complexity index is 609. The van der Waals surface area contributed by atoms with E-state index in [4.69, 9.17) is 0 Å². The van der Waals surface area contributed by atoms with Crippen LogP contribution in [0.2, 0.25) is 0 Å². The summed E-state index contributed by atoms with van der Waals surface area (Å²) in [6, 6.07) is 12.6. The van der Waals surface area contributed by atoms with Crippen molar-refractivity contribution in [3.63, 3.8) is 0 Å². The molecular formula is C17H22N4. The normalized spacial score (nSPS) is 13.9. The molecule has 0 aliphatic carbocycles. The first-order valence-corrected chi connectivity index (χ1v) is 7.36. The van der Waals surface area contributed by atoms with E-state index < -0.39 is 5.54 Å². The molecule has 0 amide bonds. The zero-order valence-corrected chi connectivity index (χ0v) is 12.9. The van der Waals surface area contributed by atoms with Gasteiger partial charge in [0.2, 0.25) is 0 Å². The van der Waals surface area contributed by atoms with Crippen LogP contribution in [0.1, 0.15) is 32.2 Å². The molecule has 110 valence electrons. The molecule has 0 bridgehead atoms. The Kier molecular flexibility index (Phi) is 4.77. The lowest BCUT2D eigenvalue weighted by atomic mass is 9.90. The number of rotatable bonds is 6. The highest BCUT2D eigenvalue weighted by molar-refractivity contribution is 5.31. The molecule has 21 heavy (non-hydrogen) atoms. The first-order chi connectivity index (χ1) is 10.1. The third-order valence-electron chi connectivity index (χ3n) is 3.52. The van der Waals surface area contributed by atoms with Crippen LogP contribution in [0.5, 0.6) is 0 Å². The lowest BCUT2D eigenvalue weighted by molar-refractivity contribution is 0.335. The SMILES string of the molecule is CCc1nccn1CC(C#N)(NC(C)C)c1ccccc1. The van der Waals surface area contributed by atoms with Crippen molar-refractivity contribution in [1.29, 1.82) is 5.26 Å². The third kappa shape index (κ3) is 3.32. The number of nitrogens with zero attached hydrogens (tertiary/aromatic N) is 3. The molecular weight excluding hydrogens is 260 g/mol.